The summed E-state index contributed by atoms with van der Waals surface area (Å²) in [6.45, 7) is 4.09. The topological polar surface area (TPSA) is 441 Å². The van der Waals surface area contributed by atoms with E-state index in [0.29, 0.717) is 44.3 Å². The molecule has 0 aliphatic carbocycles. The molecule has 3 unspecified atom stereocenters. The minimum Gasteiger partial charge on any atom is -0.508 e. The van der Waals surface area contributed by atoms with Gasteiger partial charge >= 0.3 is 77.2 Å². The number of tetrazole rings is 2. The van der Waals surface area contributed by atoms with E-state index < -0.39 is 106 Å². The molecular formula is C50H54N18NaO16S4+. The molecule has 2 aromatic carbocycles. The Morgan fingerprint density at radius 1 is 0.573 bits per heavy atom. The monoisotopic (exact) mass is 1310 g/mol. The third-order valence-electron chi connectivity index (χ3n) is 14.4. The van der Waals surface area contributed by atoms with Crippen LogP contribution in [0.2, 0.25) is 0 Å². The first kappa shape index (κ1) is 66.6. The van der Waals surface area contributed by atoms with Gasteiger partial charge in [0, 0.05) is 76.4 Å². The summed E-state index contributed by atoms with van der Waals surface area (Å²) in [4.78, 5) is 160. The molecule has 4 saturated heterocycles. The Morgan fingerprint density at radius 3 is 1.25 bits per heavy atom. The van der Waals surface area contributed by atoms with Crippen LogP contribution >= 0.6 is 47.0 Å². The van der Waals surface area contributed by atoms with E-state index in [1.54, 1.807) is 27.9 Å². The van der Waals surface area contributed by atoms with Crippen molar-refractivity contribution < 1.29 is 108 Å². The van der Waals surface area contributed by atoms with E-state index in [0.717, 1.165) is 9.80 Å². The van der Waals surface area contributed by atoms with E-state index in [1.165, 1.54) is 115 Å². The fourth-order valence-corrected chi connectivity index (χ4v) is 14.4. The minimum atomic E-state index is -1.42. The second-order valence-electron chi connectivity index (χ2n) is 19.7. The number of carboxylic acid groups (broad SMARTS) is 2. The van der Waals surface area contributed by atoms with E-state index in [9.17, 15) is 78.0 Å². The number of amides is 12. The normalized spacial score (nSPS) is 20.4. The van der Waals surface area contributed by atoms with Gasteiger partial charge in [0.1, 0.15) is 57.8 Å². The molecule has 12 amide bonds. The van der Waals surface area contributed by atoms with Crippen molar-refractivity contribution in [2.75, 3.05) is 62.3 Å². The number of urea groups is 2. The van der Waals surface area contributed by atoms with Crippen LogP contribution in [0, 0.1) is 0 Å². The predicted octanol–water partition coefficient (Wildman–Crippen LogP) is -5.22. The molecule has 8 N–H and O–H groups in total. The van der Waals surface area contributed by atoms with E-state index in [-0.39, 0.29) is 113 Å². The van der Waals surface area contributed by atoms with Gasteiger partial charge in [-0.15, -0.1) is 33.7 Å². The number of rotatable bonds is 18. The molecule has 89 heavy (non-hydrogen) atoms. The number of carbonyl (C=O) groups excluding carboxylic acids is 10. The molecule has 0 radical (unpaired) electrons. The maximum absolute atomic E-state index is 13.6. The SMILES string of the molecule is CCN1CCN(C(=O)NC(C(=O)NC2C(=O)N3C(C(=O)O)=C(CSc4nnnn4C)CSC23)c2ccc(O)cc2)C(=O)C1=O.CCN1CCN(C(=O)N[C@@H](C(=O)N[C@@H]2C(=O)N3C(C(=O)O)=C(CSc4nnnn4C)CS[C@H]23)c2ccc(O)cc2)C(=O)C1=O.[Na+]. The van der Waals surface area contributed by atoms with Gasteiger partial charge in [0.25, 0.3) is 11.8 Å². The summed E-state index contributed by atoms with van der Waals surface area (Å²) in [7, 11) is 3.29. The van der Waals surface area contributed by atoms with Gasteiger partial charge in [0.05, 0.1) is 0 Å². The molecule has 6 atom stereocenters. The van der Waals surface area contributed by atoms with Gasteiger partial charge in [0.2, 0.25) is 22.1 Å². The first-order valence-electron chi connectivity index (χ1n) is 26.5. The zero-order chi connectivity index (χ0) is 63.4. The largest absolute Gasteiger partial charge is 1.00 e. The van der Waals surface area contributed by atoms with Crippen LogP contribution in [0.3, 0.4) is 0 Å². The number of aliphatic carboxylic acids is 2. The van der Waals surface area contributed by atoms with Gasteiger partial charge in [-0.05, 0) is 81.2 Å². The number of benzene rings is 2. The van der Waals surface area contributed by atoms with Crippen molar-refractivity contribution in [3.05, 3.63) is 82.2 Å². The minimum absolute atomic E-state index is 0. The number of phenolic OH excluding ortho intramolecular Hbond substituents is 2. The number of carbonyl (C=O) groups is 12. The molecule has 0 spiro atoms. The van der Waals surface area contributed by atoms with Crippen molar-refractivity contribution in [2.45, 2.75) is 59.1 Å². The smallest absolute Gasteiger partial charge is 0.508 e. The van der Waals surface area contributed by atoms with Crippen LogP contribution in [0.25, 0.3) is 0 Å². The van der Waals surface area contributed by atoms with Gasteiger partial charge in [0.15, 0.2) is 0 Å². The molecule has 4 aromatic rings. The summed E-state index contributed by atoms with van der Waals surface area (Å²) < 4.78 is 2.87. The molecule has 39 heteroatoms. The Hall–Kier alpha value is -8.30. The quantitative estimate of drug-likeness (QED) is 0.0200. The number of aromatic nitrogens is 8. The second-order valence-corrected chi connectivity index (χ2v) is 23.8. The Morgan fingerprint density at radius 2 is 0.933 bits per heavy atom. The second kappa shape index (κ2) is 28.5. The summed E-state index contributed by atoms with van der Waals surface area (Å²) in [6.07, 6.45) is 0. The molecule has 464 valence electrons. The zero-order valence-corrected chi connectivity index (χ0v) is 53.0. The summed E-state index contributed by atoms with van der Waals surface area (Å²) in [5.41, 5.74) is 1.07. The maximum atomic E-state index is 13.6. The van der Waals surface area contributed by atoms with E-state index in [1.807, 2.05) is 0 Å². The fraction of sp³-hybridized carbons (Fsp3) is 0.400. The number of nitrogens with one attached hydrogen (secondary N) is 4. The summed E-state index contributed by atoms with van der Waals surface area (Å²) in [5.74, 6) is -8.52. The zero-order valence-electron chi connectivity index (χ0n) is 47.7. The third-order valence-corrected chi connectivity index (χ3v) is 19.3. The number of aromatic hydroxyl groups is 2. The van der Waals surface area contributed by atoms with Crippen molar-refractivity contribution in [1.82, 2.24) is 91.1 Å². The van der Waals surface area contributed by atoms with Crippen LogP contribution in [0.5, 0.6) is 11.5 Å². The first-order valence-corrected chi connectivity index (χ1v) is 30.6. The molecule has 0 saturated carbocycles. The number of imide groups is 2. The number of piperazine rings is 2. The molecule has 8 heterocycles. The number of thioether (sulfide) groups is 4. The molecule has 6 aliphatic rings. The number of hydrogen-bond acceptors (Lipinski definition) is 24. The van der Waals surface area contributed by atoms with Gasteiger partial charge in [-0.3, -0.25) is 58.0 Å². The molecule has 4 fully saturated rings. The van der Waals surface area contributed by atoms with E-state index in [4.69, 9.17) is 0 Å². The third kappa shape index (κ3) is 14.0. The number of β-lactam (4-membered cyclic amide) rings is 2. The van der Waals surface area contributed by atoms with Crippen LogP contribution in [-0.4, -0.2) is 247 Å². The van der Waals surface area contributed by atoms with Crippen LogP contribution < -0.4 is 50.8 Å². The molecular weight excluding hydrogens is 1260 g/mol. The van der Waals surface area contributed by atoms with E-state index in [2.05, 4.69) is 52.3 Å². The summed E-state index contributed by atoms with van der Waals surface area (Å²) in [5, 5.41) is 71.3. The number of phenols is 2. The van der Waals surface area contributed by atoms with Crippen LogP contribution in [0.4, 0.5) is 9.59 Å². The molecule has 0 bridgehead atoms. The molecule has 34 nitrogen and oxygen atoms in total. The van der Waals surface area contributed by atoms with Gasteiger partial charge in [-0.25, -0.2) is 28.5 Å². The standard InChI is InChI=1S/2C25H27N9O8S2.Na/c2*1-3-32-8-9-33(21(39)20(32)38)24(42)27-15(12-4-6-14(35)7-5-12)18(36)26-16-19(37)34-17(23(40)41)13(10-43-22(16)34)11-44-25-28-29-30-31(25)2;/h2*4-7,15-16,22,35H,3,8-11H2,1-2H3,(H,26,36)(H,27,42)(H,40,41);/q;;+1/t15-,16-,22-;;/m1../s1. The average molecular weight is 1310 g/mol. The number of fused-ring (bicyclic) bond motifs is 2. The van der Waals surface area contributed by atoms with Crippen LogP contribution in [0.15, 0.2) is 81.4 Å². The predicted molar refractivity (Wildman–Crippen MR) is 305 cm³/mol. The number of hydrogen-bond donors (Lipinski definition) is 8. The number of carboxylic acids is 2. The Labute approximate surface area is 542 Å². The van der Waals surface area contributed by atoms with Gasteiger partial charge in [-0.1, -0.05) is 47.8 Å². The fourth-order valence-electron chi connectivity index (χ4n) is 9.73. The first-order chi connectivity index (χ1) is 42.0. The van der Waals surface area contributed by atoms with Crippen molar-refractivity contribution in [1.29, 1.82) is 0 Å². The van der Waals surface area contributed by atoms with Crippen molar-refractivity contribution in [3.8, 4) is 11.5 Å². The van der Waals surface area contributed by atoms with Gasteiger partial charge in [-0.2, -0.15) is 0 Å². The van der Waals surface area contributed by atoms with Crippen LogP contribution in [0.1, 0.15) is 37.1 Å². The number of aryl methyl sites for hydroxylation is 2. The molecule has 2 aromatic heterocycles. The van der Waals surface area contributed by atoms with Gasteiger partial charge < -0.3 is 51.5 Å². The molecule has 6 aliphatic heterocycles. The summed E-state index contributed by atoms with van der Waals surface area (Å²) >= 11 is 4.97. The number of nitrogens with zero attached hydrogens (tertiary/aromatic N) is 14. The van der Waals surface area contributed by atoms with Crippen molar-refractivity contribution >= 4 is 118 Å². The summed E-state index contributed by atoms with van der Waals surface area (Å²) in [6, 6.07) is 3.68. The number of likely N-dealkylation sites (N-methyl/N-ethyl adjacent to an activating group) is 2. The van der Waals surface area contributed by atoms with Crippen molar-refractivity contribution in [2.24, 2.45) is 14.1 Å². The molecule has 10 rings (SSSR count). The Kier molecular flexibility index (Phi) is 21.3. The Bertz CT molecular complexity index is 3360. The average Bonchev–Trinajstić information content (AvgIpc) is 1.01. The van der Waals surface area contributed by atoms with Crippen molar-refractivity contribution in [3.63, 3.8) is 0 Å². The maximum Gasteiger partial charge on any atom is 1.00 e. The van der Waals surface area contributed by atoms with E-state index >= 15 is 0 Å². The Balaban J connectivity index is 0.000000228. The van der Waals surface area contributed by atoms with Crippen LogP contribution in [-0.2, 0) is 62.0 Å².